The molecule has 0 unspecified atom stereocenters. The minimum Gasteiger partial charge on any atom is -0.306 e. The minimum absolute atomic E-state index is 0.0290. The van der Waals surface area contributed by atoms with E-state index in [1.54, 1.807) is 0 Å². The maximum Gasteiger partial charge on any atom is 0.329 e. The molecule has 6 heteroatoms. The molecule has 2 aromatic heterocycles. The van der Waals surface area contributed by atoms with Gasteiger partial charge in [-0.3, -0.25) is 14.3 Å². The number of H-pyrrole nitrogens is 1. The van der Waals surface area contributed by atoms with Crippen molar-refractivity contribution in [3.8, 4) is 11.1 Å². The Hall–Kier alpha value is -2.18. The third-order valence-corrected chi connectivity index (χ3v) is 6.28. The van der Waals surface area contributed by atoms with E-state index in [4.69, 9.17) is 0 Å². The molecule has 0 bridgehead atoms. The lowest BCUT2D eigenvalue weighted by molar-refractivity contribution is 0.216. The molecule has 1 N–H and O–H groups in total. The highest BCUT2D eigenvalue weighted by Gasteiger charge is 2.24. The van der Waals surface area contributed by atoms with Crippen LogP contribution < -0.4 is 11.2 Å². The summed E-state index contributed by atoms with van der Waals surface area (Å²) in [5.74, 6) is 0. The smallest absolute Gasteiger partial charge is 0.306 e. The Kier molecular flexibility index (Phi) is 4.32. The van der Waals surface area contributed by atoms with Crippen LogP contribution in [0.15, 0.2) is 33.2 Å². The lowest BCUT2D eigenvalue weighted by atomic mass is 9.99. The van der Waals surface area contributed by atoms with Crippen molar-refractivity contribution in [2.24, 2.45) is 0 Å². The van der Waals surface area contributed by atoms with Gasteiger partial charge < -0.3 is 4.90 Å². The normalized spacial score (nSPS) is 16.4. The monoisotopic (exact) mass is 369 g/mol. The van der Waals surface area contributed by atoms with Crippen LogP contribution in [-0.2, 0) is 0 Å². The van der Waals surface area contributed by atoms with Crippen LogP contribution in [0.25, 0.3) is 21.3 Å². The van der Waals surface area contributed by atoms with Gasteiger partial charge in [-0.15, -0.1) is 11.3 Å². The standard InChI is InChI=1S/C20H23N3O2S/c1-12-4-5-15(13(2)10-12)16-11-26-18-17(16)19(24)23(20(25)21-18)14-6-8-22(3)9-7-14/h4-5,10-11,14H,6-9H2,1-3H3,(H,21,25). The van der Waals surface area contributed by atoms with E-state index in [0.717, 1.165) is 42.6 Å². The first-order valence-corrected chi connectivity index (χ1v) is 9.86. The summed E-state index contributed by atoms with van der Waals surface area (Å²) in [5.41, 5.74) is 3.87. The molecule has 0 atom stereocenters. The molecule has 3 aromatic rings. The minimum atomic E-state index is -0.286. The highest BCUT2D eigenvalue weighted by Crippen LogP contribution is 2.33. The first kappa shape index (κ1) is 17.2. The van der Waals surface area contributed by atoms with Gasteiger partial charge in [0, 0.05) is 17.0 Å². The first-order valence-electron chi connectivity index (χ1n) is 8.98. The van der Waals surface area contributed by atoms with Crippen LogP contribution in [0.4, 0.5) is 0 Å². The fourth-order valence-corrected chi connectivity index (χ4v) is 4.87. The van der Waals surface area contributed by atoms with Gasteiger partial charge in [0.05, 0.1) is 5.39 Å². The van der Waals surface area contributed by atoms with Crippen LogP contribution in [0.1, 0.15) is 30.0 Å². The zero-order valence-electron chi connectivity index (χ0n) is 15.3. The third kappa shape index (κ3) is 2.83. The molecule has 1 fully saturated rings. The third-order valence-electron chi connectivity index (χ3n) is 5.39. The largest absolute Gasteiger partial charge is 0.329 e. The molecule has 0 radical (unpaired) electrons. The van der Waals surface area contributed by atoms with Crippen molar-refractivity contribution in [3.05, 3.63) is 55.5 Å². The summed E-state index contributed by atoms with van der Waals surface area (Å²) in [4.78, 5) is 31.7. The van der Waals surface area contributed by atoms with E-state index >= 15 is 0 Å². The molecule has 0 spiro atoms. The number of likely N-dealkylation sites (tertiary alicyclic amines) is 1. The number of nitrogens with zero attached hydrogens (tertiary/aromatic N) is 2. The summed E-state index contributed by atoms with van der Waals surface area (Å²) in [6.45, 7) is 5.93. The van der Waals surface area contributed by atoms with Crippen LogP contribution in [0.3, 0.4) is 0 Å². The van der Waals surface area contributed by atoms with Crippen molar-refractivity contribution in [2.45, 2.75) is 32.7 Å². The fraction of sp³-hybridized carbons (Fsp3) is 0.400. The Balaban J connectivity index is 1.91. The number of piperidine rings is 1. The summed E-state index contributed by atoms with van der Waals surface area (Å²) in [6.07, 6.45) is 1.65. The number of hydrogen-bond acceptors (Lipinski definition) is 4. The van der Waals surface area contributed by atoms with Gasteiger partial charge in [0.25, 0.3) is 5.56 Å². The van der Waals surface area contributed by atoms with E-state index in [2.05, 4.69) is 49.0 Å². The molecule has 1 saturated heterocycles. The van der Waals surface area contributed by atoms with Crippen molar-refractivity contribution in [3.63, 3.8) is 0 Å². The number of hydrogen-bond donors (Lipinski definition) is 1. The first-order chi connectivity index (χ1) is 12.5. The van der Waals surface area contributed by atoms with Crippen molar-refractivity contribution in [2.75, 3.05) is 20.1 Å². The SMILES string of the molecule is Cc1ccc(-c2csc3[nH]c(=O)n(C4CCN(C)CC4)c(=O)c23)c(C)c1. The second-order valence-corrected chi connectivity index (χ2v) is 8.19. The van der Waals surface area contributed by atoms with Crippen LogP contribution in [0.2, 0.25) is 0 Å². The van der Waals surface area contributed by atoms with Crippen molar-refractivity contribution < 1.29 is 0 Å². The molecule has 0 saturated carbocycles. The molecular formula is C20H23N3O2S. The molecule has 26 heavy (non-hydrogen) atoms. The van der Waals surface area contributed by atoms with E-state index < -0.39 is 0 Å². The zero-order chi connectivity index (χ0) is 18.4. The number of aryl methyl sites for hydroxylation is 2. The number of aromatic nitrogens is 2. The van der Waals surface area contributed by atoms with Gasteiger partial charge in [-0.1, -0.05) is 23.8 Å². The molecule has 1 aromatic carbocycles. The Labute approximate surface area is 155 Å². The summed E-state index contributed by atoms with van der Waals surface area (Å²) >= 11 is 1.43. The van der Waals surface area contributed by atoms with E-state index in [1.807, 2.05) is 5.38 Å². The van der Waals surface area contributed by atoms with E-state index in [1.165, 1.54) is 21.5 Å². The predicted molar refractivity (Wildman–Crippen MR) is 107 cm³/mol. The highest BCUT2D eigenvalue weighted by molar-refractivity contribution is 7.17. The second-order valence-electron chi connectivity index (χ2n) is 7.31. The predicted octanol–water partition coefficient (Wildman–Crippen LogP) is 3.30. The molecule has 3 heterocycles. The van der Waals surface area contributed by atoms with Gasteiger partial charge in [-0.25, -0.2) is 4.79 Å². The van der Waals surface area contributed by atoms with Crippen LogP contribution in [-0.4, -0.2) is 34.6 Å². The second kappa shape index (κ2) is 6.52. The van der Waals surface area contributed by atoms with Gasteiger partial charge in [0.2, 0.25) is 0 Å². The number of rotatable bonds is 2. The number of aromatic amines is 1. The summed E-state index contributed by atoms with van der Waals surface area (Å²) < 4.78 is 1.45. The lowest BCUT2D eigenvalue weighted by Crippen LogP contribution is -2.42. The lowest BCUT2D eigenvalue weighted by Gasteiger charge is -2.29. The van der Waals surface area contributed by atoms with Crippen molar-refractivity contribution >= 4 is 21.6 Å². The van der Waals surface area contributed by atoms with Gasteiger partial charge in [-0.2, -0.15) is 0 Å². The van der Waals surface area contributed by atoms with Crippen LogP contribution >= 0.6 is 11.3 Å². The number of nitrogens with one attached hydrogen (secondary N) is 1. The molecule has 1 aliphatic rings. The van der Waals surface area contributed by atoms with Gasteiger partial charge >= 0.3 is 5.69 Å². The maximum atomic E-state index is 13.3. The number of fused-ring (bicyclic) bond motifs is 1. The summed E-state index contributed by atoms with van der Waals surface area (Å²) in [7, 11) is 2.07. The van der Waals surface area contributed by atoms with E-state index in [-0.39, 0.29) is 17.3 Å². The fourth-order valence-electron chi connectivity index (χ4n) is 3.93. The maximum absolute atomic E-state index is 13.3. The van der Waals surface area contributed by atoms with Gasteiger partial charge in [0.15, 0.2) is 0 Å². The molecule has 1 aliphatic heterocycles. The van der Waals surface area contributed by atoms with E-state index in [0.29, 0.717) is 10.2 Å². The number of thiophene rings is 1. The number of benzene rings is 1. The summed E-state index contributed by atoms with van der Waals surface area (Å²) in [5, 5.41) is 2.62. The molecular weight excluding hydrogens is 346 g/mol. The summed E-state index contributed by atoms with van der Waals surface area (Å²) in [6, 6.07) is 6.22. The Morgan fingerprint density at radius 3 is 2.54 bits per heavy atom. The highest BCUT2D eigenvalue weighted by atomic mass is 32.1. The Bertz CT molecular complexity index is 1080. The zero-order valence-corrected chi connectivity index (χ0v) is 16.2. The molecule has 0 aliphatic carbocycles. The average Bonchev–Trinajstić information content (AvgIpc) is 3.00. The van der Waals surface area contributed by atoms with Crippen LogP contribution in [0.5, 0.6) is 0 Å². The quantitative estimate of drug-likeness (QED) is 0.754. The topological polar surface area (TPSA) is 58.1 Å². The van der Waals surface area contributed by atoms with Gasteiger partial charge in [0.1, 0.15) is 4.83 Å². The molecule has 0 amide bonds. The Morgan fingerprint density at radius 2 is 1.85 bits per heavy atom. The Morgan fingerprint density at radius 1 is 1.12 bits per heavy atom. The average molecular weight is 369 g/mol. The molecule has 136 valence electrons. The van der Waals surface area contributed by atoms with Crippen molar-refractivity contribution in [1.29, 1.82) is 0 Å². The molecule has 5 nitrogen and oxygen atoms in total. The van der Waals surface area contributed by atoms with Crippen LogP contribution in [0, 0.1) is 13.8 Å². The van der Waals surface area contributed by atoms with Gasteiger partial charge in [-0.05, 0) is 58.0 Å². The van der Waals surface area contributed by atoms with E-state index in [9.17, 15) is 9.59 Å². The molecule has 4 rings (SSSR count). The van der Waals surface area contributed by atoms with Crippen molar-refractivity contribution in [1.82, 2.24) is 14.5 Å².